The number of aliphatic hydroxyl groups is 2. The van der Waals surface area contributed by atoms with Crippen LogP contribution in [0.15, 0.2) is 23.8 Å². The number of nitrogens with zero attached hydrogens (tertiary/aromatic N) is 7. The highest BCUT2D eigenvalue weighted by atomic mass is 31.2. The van der Waals surface area contributed by atoms with Gasteiger partial charge in [-0.1, -0.05) is 0 Å². The van der Waals surface area contributed by atoms with Crippen LogP contribution in [0.2, 0.25) is 0 Å². The van der Waals surface area contributed by atoms with E-state index in [0.29, 0.717) is 11.3 Å². The second-order valence-corrected chi connectivity index (χ2v) is 14.1. The standard InChI is InChI=1S/C22H28N10O12P2/c1-24-16-11-17(26-5-25-16)31(6-27-11)21-14(34)15-10(43-21)3-40-45(36,37)4-8-13(33)9(2-41-46(38,39)44-15)42-20(8)32-7-28-12-18(32)29-22(23)30-19(12)35/h5-10,13-15,20-21,33-34H,2-4H2,1H3,(H,36,37)(H,38,39)(H,24,25,26)(H3,23,29,30,35)/t8-,9-,10-,13+,14-,15-,20-,21-/m1/s1. The third-order valence-corrected chi connectivity index (χ3v) is 10.4. The highest BCUT2D eigenvalue weighted by Gasteiger charge is 2.53. The molecule has 0 amide bonds. The predicted molar refractivity (Wildman–Crippen MR) is 152 cm³/mol. The molecule has 4 aromatic rings. The molecule has 3 aliphatic rings. The second kappa shape index (κ2) is 11.4. The number of H-pyrrole nitrogens is 1. The van der Waals surface area contributed by atoms with E-state index >= 15 is 0 Å². The molecule has 0 saturated carbocycles. The third-order valence-electron chi connectivity index (χ3n) is 7.94. The topological polar surface area (TPSA) is 306 Å². The number of aliphatic hydroxyl groups excluding tert-OH is 2. The summed E-state index contributed by atoms with van der Waals surface area (Å²) in [4.78, 5) is 56.8. The Labute approximate surface area is 256 Å². The lowest BCUT2D eigenvalue weighted by atomic mass is 10.0. The van der Waals surface area contributed by atoms with Crippen molar-refractivity contribution in [2.24, 2.45) is 5.92 Å². The third kappa shape index (κ3) is 5.40. The normalized spacial score (nSPS) is 37.1. The average Bonchev–Trinajstić information content (AvgIpc) is 3.76. The molecule has 0 radical (unpaired) electrons. The maximum Gasteiger partial charge on any atom is 0.472 e. The molecule has 2 unspecified atom stereocenters. The number of fused-ring (bicyclic) bond motifs is 5. The number of ether oxygens (including phenoxy) is 2. The van der Waals surface area contributed by atoms with Gasteiger partial charge in [0.1, 0.15) is 42.5 Å². The van der Waals surface area contributed by atoms with Gasteiger partial charge in [0.2, 0.25) is 5.95 Å². The molecule has 46 heavy (non-hydrogen) atoms. The van der Waals surface area contributed by atoms with Gasteiger partial charge in [-0.25, -0.2) is 24.5 Å². The molecule has 7 heterocycles. The van der Waals surface area contributed by atoms with E-state index in [4.69, 9.17) is 28.8 Å². The van der Waals surface area contributed by atoms with Crippen LogP contribution in [-0.4, -0.2) is 116 Å². The minimum atomic E-state index is -5.02. The molecule has 0 spiro atoms. The summed E-state index contributed by atoms with van der Waals surface area (Å²) >= 11 is 0. The lowest BCUT2D eigenvalue weighted by Crippen LogP contribution is -2.36. The second-order valence-electron chi connectivity index (χ2n) is 10.8. The Hall–Kier alpha value is -3.40. The fourth-order valence-corrected chi connectivity index (χ4v) is 8.22. The molecular formula is C22H28N10O12P2. The van der Waals surface area contributed by atoms with E-state index in [1.165, 1.54) is 28.1 Å². The molecule has 24 heteroatoms. The van der Waals surface area contributed by atoms with E-state index in [9.17, 15) is 33.9 Å². The summed E-state index contributed by atoms with van der Waals surface area (Å²) in [7, 11) is -8.00. The van der Waals surface area contributed by atoms with Crippen molar-refractivity contribution in [1.82, 2.24) is 39.0 Å². The first-order valence-electron chi connectivity index (χ1n) is 13.7. The first-order valence-corrected chi connectivity index (χ1v) is 17.0. The van der Waals surface area contributed by atoms with Crippen LogP contribution in [-0.2, 0) is 32.2 Å². The van der Waals surface area contributed by atoms with E-state index in [2.05, 4.69) is 35.2 Å². The Morgan fingerprint density at radius 3 is 2.41 bits per heavy atom. The zero-order chi connectivity index (χ0) is 32.5. The van der Waals surface area contributed by atoms with Crippen LogP contribution in [0.25, 0.3) is 22.3 Å². The zero-order valence-corrected chi connectivity index (χ0v) is 25.4. The Balaban J connectivity index is 1.20. The highest BCUT2D eigenvalue weighted by molar-refractivity contribution is 7.52. The number of phosphoric ester groups is 1. The SMILES string of the molecule is CNc1ncnc2c1ncn2[C@@H]1O[C@@H]2COP(=O)(O)C[C@@H]3[C@H](O)[C@@H](COP(=O)(O)O[C@H]2[C@H]1O)O[C@H]3n1cnc2c(=O)[nH]c(N)nc21. The fourth-order valence-electron chi connectivity index (χ4n) is 5.84. The molecule has 0 aliphatic carbocycles. The molecule has 3 fully saturated rings. The van der Waals surface area contributed by atoms with Gasteiger partial charge in [0, 0.05) is 13.0 Å². The van der Waals surface area contributed by atoms with E-state index < -0.39 is 89.2 Å². The number of aromatic nitrogens is 8. The molecule has 248 valence electrons. The quantitative estimate of drug-likeness (QED) is 0.120. The van der Waals surface area contributed by atoms with E-state index in [-0.39, 0.29) is 22.8 Å². The molecule has 7 rings (SSSR count). The number of rotatable bonds is 3. The number of anilines is 2. The van der Waals surface area contributed by atoms with Gasteiger partial charge in [-0.3, -0.25) is 32.5 Å². The molecule has 8 N–H and O–H groups in total. The van der Waals surface area contributed by atoms with Gasteiger partial charge in [-0.05, 0) is 0 Å². The van der Waals surface area contributed by atoms with E-state index in [1.54, 1.807) is 7.05 Å². The molecule has 2 bridgehead atoms. The smallest absolute Gasteiger partial charge is 0.390 e. The van der Waals surface area contributed by atoms with Crippen molar-refractivity contribution < 1.29 is 52.2 Å². The first-order chi connectivity index (χ1) is 21.9. The van der Waals surface area contributed by atoms with Crippen LogP contribution in [0.5, 0.6) is 0 Å². The Morgan fingerprint density at radius 1 is 0.957 bits per heavy atom. The number of nitrogens with two attached hydrogens (primary N) is 1. The van der Waals surface area contributed by atoms with E-state index in [0.717, 1.165) is 0 Å². The Bertz CT molecular complexity index is 1950. The van der Waals surface area contributed by atoms with Crippen molar-refractivity contribution in [3.8, 4) is 0 Å². The van der Waals surface area contributed by atoms with Crippen LogP contribution in [0.4, 0.5) is 11.8 Å². The minimum absolute atomic E-state index is 0.0441. The zero-order valence-electron chi connectivity index (χ0n) is 23.6. The Kier molecular flexibility index (Phi) is 7.73. The van der Waals surface area contributed by atoms with Crippen LogP contribution >= 0.6 is 15.4 Å². The van der Waals surface area contributed by atoms with Gasteiger partial charge in [-0.2, -0.15) is 4.98 Å². The Morgan fingerprint density at radius 2 is 1.65 bits per heavy atom. The summed E-state index contributed by atoms with van der Waals surface area (Å²) in [5.41, 5.74) is 5.46. The number of hydrogen-bond acceptors (Lipinski definition) is 17. The van der Waals surface area contributed by atoms with Gasteiger partial charge in [-0.15, -0.1) is 0 Å². The molecule has 0 aromatic carbocycles. The average molecular weight is 686 g/mol. The maximum absolute atomic E-state index is 13.4. The van der Waals surface area contributed by atoms with Crippen molar-refractivity contribution in [2.45, 2.75) is 43.0 Å². The minimum Gasteiger partial charge on any atom is -0.390 e. The van der Waals surface area contributed by atoms with Crippen LogP contribution in [0.1, 0.15) is 12.5 Å². The van der Waals surface area contributed by atoms with Crippen molar-refractivity contribution in [1.29, 1.82) is 0 Å². The van der Waals surface area contributed by atoms with Gasteiger partial charge in [0.25, 0.3) is 5.56 Å². The number of hydrogen-bond donors (Lipinski definition) is 7. The number of nitrogen functional groups attached to an aromatic ring is 1. The van der Waals surface area contributed by atoms with Gasteiger partial charge >= 0.3 is 15.4 Å². The van der Waals surface area contributed by atoms with Gasteiger partial charge < -0.3 is 45.0 Å². The van der Waals surface area contributed by atoms with Crippen molar-refractivity contribution in [3.05, 3.63) is 29.3 Å². The van der Waals surface area contributed by atoms with Crippen LogP contribution < -0.4 is 16.6 Å². The number of aromatic amines is 1. The fraction of sp³-hybridized carbons (Fsp3) is 0.545. The van der Waals surface area contributed by atoms with Crippen molar-refractivity contribution >= 4 is 49.5 Å². The summed E-state index contributed by atoms with van der Waals surface area (Å²) in [5.74, 6) is -1.06. The summed E-state index contributed by atoms with van der Waals surface area (Å²) < 4.78 is 56.9. The van der Waals surface area contributed by atoms with Gasteiger partial charge in [0.05, 0.1) is 38.1 Å². The molecule has 22 nitrogen and oxygen atoms in total. The summed E-state index contributed by atoms with van der Waals surface area (Å²) in [6.07, 6.45) is -7.03. The predicted octanol–water partition coefficient (Wildman–Crippen LogP) is -1.57. The molecule has 3 aliphatic heterocycles. The monoisotopic (exact) mass is 686 g/mol. The summed E-state index contributed by atoms with van der Waals surface area (Å²) in [6.45, 7) is -1.43. The molecule has 3 saturated heterocycles. The summed E-state index contributed by atoms with van der Waals surface area (Å²) in [6, 6.07) is 0. The molecular weight excluding hydrogens is 658 g/mol. The summed E-state index contributed by atoms with van der Waals surface area (Å²) in [5, 5.41) is 25.2. The van der Waals surface area contributed by atoms with Crippen molar-refractivity contribution in [2.75, 3.05) is 37.5 Å². The highest BCUT2D eigenvalue weighted by Crippen LogP contribution is 2.54. The maximum atomic E-state index is 13.4. The molecule has 4 aromatic heterocycles. The number of phosphoric acid groups is 1. The largest absolute Gasteiger partial charge is 0.472 e. The van der Waals surface area contributed by atoms with Crippen LogP contribution in [0.3, 0.4) is 0 Å². The number of imidazole rings is 2. The van der Waals surface area contributed by atoms with Crippen LogP contribution in [0, 0.1) is 5.92 Å². The number of nitrogens with one attached hydrogen (secondary N) is 2. The molecule has 10 atom stereocenters. The first kappa shape index (κ1) is 31.2. The lowest BCUT2D eigenvalue weighted by Gasteiger charge is -2.25. The van der Waals surface area contributed by atoms with E-state index in [1.807, 2.05) is 0 Å². The van der Waals surface area contributed by atoms with Crippen molar-refractivity contribution in [3.63, 3.8) is 0 Å². The lowest BCUT2D eigenvalue weighted by molar-refractivity contribution is -0.0558. The van der Waals surface area contributed by atoms with Gasteiger partial charge in [0.15, 0.2) is 28.9 Å².